The van der Waals surface area contributed by atoms with Crippen LogP contribution in [0.2, 0.25) is 0 Å². The number of likely N-dealkylation sites (N-methyl/N-ethyl adjacent to an activating group) is 2. The molecule has 2 heterocycles. The van der Waals surface area contributed by atoms with Crippen LogP contribution < -0.4 is 10.2 Å². The van der Waals surface area contributed by atoms with Gasteiger partial charge in [0.25, 0.3) is 0 Å². The molecule has 1 aliphatic rings. The van der Waals surface area contributed by atoms with E-state index >= 15 is 0 Å². The quantitative estimate of drug-likeness (QED) is 0.731. The summed E-state index contributed by atoms with van der Waals surface area (Å²) in [5.41, 5.74) is 2.12. The first-order chi connectivity index (χ1) is 13.2. The molecule has 1 atom stereocenters. The third-order valence-electron chi connectivity index (χ3n) is 5.47. The standard InChI is InChI=1S/C22H27N5/c1-23-12-14-26(2)20-10-13-27(16-20)22-24-11-9-21(25-22)19-8-7-17-5-3-4-6-18(17)15-19/h3-9,11,15,20,23H,10,12-14,16H2,1-2H3. The molecular weight excluding hydrogens is 334 g/mol. The Morgan fingerprint density at radius 1 is 1.15 bits per heavy atom. The lowest BCUT2D eigenvalue weighted by molar-refractivity contribution is 0.260. The first-order valence-electron chi connectivity index (χ1n) is 9.66. The topological polar surface area (TPSA) is 44.3 Å². The zero-order chi connectivity index (χ0) is 18.6. The van der Waals surface area contributed by atoms with E-state index in [9.17, 15) is 0 Å². The van der Waals surface area contributed by atoms with Crippen LogP contribution in [-0.2, 0) is 0 Å². The molecule has 0 saturated carbocycles. The Bertz CT molecular complexity index is 910. The van der Waals surface area contributed by atoms with Crippen LogP contribution in [-0.4, -0.2) is 61.2 Å². The van der Waals surface area contributed by atoms with Gasteiger partial charge in [0.15, 0.2) is 0 Å². The average Bonchev–Trinajstić information content (AvgIpc) is 3.22. The van der Waals surface area contributed by atoms with Crippen molar-refractivity contribution in [2.45, 2.75) is 12.5 Å². The second kappa shape index (κ2) is 8.03. The average molecular weight is 361 g/mol. The second-order valence-corrected chi connectivity index (χ2v) is 7.28. The smallest absolute Gasteiger partial charge is 0.225 e. The number of benzene rings is 2. The van der Waals surface area contributed by atoms with Crippen molar-refractivity contribution in [3.63, 3.8) is 0 Å². The van der Waals surface area contributed by atoms with Crippen molar-refractivity contribution in [3.8, 4) is 11.3 Å². The van der Waals surface area contributed by atoms with Crippen LogP contribution in [0, 0.1) is 0 Å². The van der Waals surface area contributed by atoms with Crippen molar-refractivity contribution in [1.29, 1.82) is 0 Å². The Kier molecular flexibility index (Phi) is 5.32. The minimum absolute atomic E-state index is 0.561. The molecule has 4 rings (SSSR count). The van der Waals surface area contributed by atoms with Crippen molar-refractivity contribution in [2.75, 3.05) is 45.2 Å². The van der Waals surface area contributed by atoms with E-state index in [1.54, 1.807) is 0 Å². The Labute approximate surface area is 161 Å². The fourth-order valence-corrected chi connectivity index (χ4v) is 3.76. The lowest BCUT2D eigenvalue weighted by Crippen LogP contribution is -2.38. The maximum Gasteiger partial charge on any atom is 0.225 e. The van der Waals surface area contributed by atoms with Crippen molar-refractivity contribution in [3.05, 3.63) is 54.7 Å². The zero-order valence-corrected chi connectivity index (χ0v) is 16.1. The predicted octanol–water partition coefficient (Wildman–Crippen LogP) is 3.03. The molecule has 0 amide bonds. The van der Waals surface area contributed by atoms with Crippen LogP contribution >= 0.6 is 0 Å². The van der Waals surface area contributed by atoms with Gasteiger partial charge in [0.1, 0.15) is 0 Å². The molecule has 2 aromatic carbocycles. The number of nitrogens with one attached hydrogen (secondary N) is 1. The molecule has 1 aromatic heterocycles. The number of nitrogens with zero attached hydrogens (tertiary/aromatic N) is 4. The van der Waals surface area contributed by atoms with Crippen LogP contribution in [0.25, 0.3) is 22.0 Å². The summed E-state index contributed by atoms with van der Waals surface area (Å²) in [5, 5.41) is 5.71. The van der Waals surface area contributed by atoms with Gasteiger partial charge < -0.3 is 15.1 Å². The van der Waals surface area contributed by atoms with Crippen LogP contribution in [0.3, 0.4) is 0 Å². The number of fused-ring (bicyclic) bond motifs is 1. The molecule has 1 saturated heterocycles. The number of anilines is 1. The summed E-state index contributed by atoms with van der Waals surface area (Å²) in [4.78, 5) is 14.2. The first-order valence-corrected chi connectivity index (χ1v) is 9.66. The molecule has 0 radical (unpaired) electrons. The highest BCUT2D eigenvalue weighted by atomic mass is 15.3. The summed E-state index contributed by atoms with van der Waals surface area (Å²) in [5.74, 6) is 0.838. The minimum atomic E-state index is 0.561. The van der Waals surface area contributed by atoms with Gasteiger partial charge >= 0.3 is 0 Å². The van der Waals surface area contributed by atoms with Crippen LogP contribution in [0.4, 0.5) is 5.95 Å². The highest BCUT2D eigenvalue weighted by Gasteiger charge is 2.27. The zero-order valence-electron chi connectivity index (χ0n) is 16.1. The summed E-state index contributed by atoms with van der Waals surface area (Å²) < 4.78 is 0. The van der Waals surface area contributed by atoms with Crippen molar-refractivity contribution >= 4 is 16.7 Å². The molecule has 1 N–H and O–H groups in total. The van der Waals surface area contributed by atoms with E-state index in [0.717, 1.165) is 49.8 Å². The molecule has 0 bridgehead atoms. The molecular formula is C22H27N5. The lowest BCUT2D eigenvalue weighted by atomic mass is 10.1. The molecule has 0 spiro atoms. The van der Waals surface area contributed by atoms with E-state index in [1.807, 2.05) is 19.3 Å². The third-order valence-corrected chi connectivity index (χ3v) is 5.47. The largest absolute Gasteiger partial charge is 0.339 e. The first kappa shape index (κ1) is 17.9. The van der Waals surface area contributed by atoms with E-state index in [4.69, 9.17) is 4.98 Å². The van der Waals surface area contributed by atoms with Crippen LogP contribution in [0.15, 0.2) is 54.7 Å². The van der Waals surface area contributed by atoms with Crippen molar-refractivity contribution in [1.82, 2.24) is 20.2 Å². The highest BCUT2D eigenvalue weighted by molar-refractivity contribution is 5.86. The third kappa shape index (κ3) is 3.94. The van der Waals surface area contributed by atoms with Gasteiger partial charge in [0.05, 0.1) is 5.69 Å². The number of hydrogen-bond acceptors (Lipinski definition) is 5. The summed E-state index contributed by atoms with van der Waals surface area (Å²) in [6.07, 6.45) is 3.04. The Morgan fingerprint density at radius 3 is 2.85 bits per heavy atom. The minimum Gasteiger partial charge on any atom is -0.339 e. The van der Waals surface area contributed by atoms with Gasteiger partial charge in [-0.2, -0.15) is 0 Å². The summed E-state index contributed by atoms with van der Waals surface area (Å²) >= 11 is 0. The maximum atomic E-state index is 4.87. The normalized spacial score (nSPS) is 17.1. The van der Waals surface area contributed by atoms with E-state index in [2.05, 4.69) is 69.6 Å². The van der Waals surface area contributed by atoms with Gasteiger partial charge in [-0.05, 0) is 43.4 Å². The predicted molar refractivity (Wildman–Crippen MR) is 112 cm³/mol. The van der Waals surface area contributed by atoms with E-state index < -0.39 is 0 Å². The van der Waals surface area contributed by atoms with E-state index in [1.165, 1.54) is 10.8 Å². The van der Waals surface area contributed by atoms with Gasteiger partial charge in [0, 0.05) is 44.0 Å². The monoisotopic (exact) mass is 361 g/mol. The van der Waals surface area contributed by atoms with Gasteiger partial charge in [-0.25, -0.2) is 9.97 Å². The Balaban J connectivity index is 1.52. The lowest BCUT2D eigenvalue weighted by Gasteiger charge is -2.24. The van der Waals surface area contributed by atoms with E-state index in [-0.39, 0.29) is 0 Å². The molecule has 0 aliphatic carbocycles. The Hall–Kier alpha value is -2.50. The maximum absolute atomic E-state index is 4.87. The molecule has 1 unspecified atom stereocenters. The highest BCUT2D eigenvalue weighted by Crippen LogP contribution is 2.25. The van der Waals surface area contributed by atoms with Gasteiger partial charge in [-0.3, -0.25) is 0 Å². The van der Waals surface area contributed by atoms with Crippen LogP contribution in [0.1, 0.15) is 6.42 Å². The van der Waals surface area contributed by atoms with Gasteiger partial charge in [-0.1, -0.05) is 36.4 Å². The fourth-order valence-electron chi connectivity index (χ4n) is 3.76. The molecule has 27 heavy (non-hydrogen) atoms. The SMILES string of the molecule is CNCCN(C)C1CCN(c2nccc(-c3ccc4ccccc4c3)n2)C1. The molecule has 5 heteroatoms. The fraction of sp³-hybridized carbons (Fsp3) is 0.364. The van der Waals surface area contributed by atoms with Crippen molar-refractivity contribution < 1.29 is 0 Å². The molecule has 1 fully saturated rings. The summed E-state index contributed by atoms with van der Waals surface area (Å²) in [7, 11) is 4.21. The number of hydrogen-bond donors (Lipinski definition) is 1. The van der Waals surface area contributed by atoms with Crippen molar-refractivity contribution in [2.24, 2.45) is 0 Å². The summed E-state index contributed by atoms with van der Waals surface area (Å²) in [6.45, 7) is 4.07. The molecule has 3 aromatic rings. The number of rotatable bonds is 6. The second-order valence-electron chi connectivity index (χ2n) is 7.28. The van der Waals surface area contributed by atoms with E-state index in [0.29, 0.717) is 6.04 Å². The van der Waals surface area contributed by atoms with Gasteiger partial charge in [0.2, 0.25) is 5.95 Å². The molecule has 140 valence electrons. The molecule has 1 aliphatic heterocycles. The number of aromatic nitrogens is 2. The Morgan fingerprint density at radius 2 is 2.00 bits per heavy atom. The van der Waals surface area contributed by atoms with Gasteiger partial charge in [-0.15, -0.1) is 0 Å². The summed E-state index contributed by atoms with van der Waals surface area (Å²) in [6, 6.07) is 17.5. The molecule has 5 nitrogen and oxygen atoms in total. The van der Waals surface area contributed by atoms with Crippen LogP contribution in [0.5, 0.6) is 0 Å².